The molecule has 5 nitrogen and oxygen atoms in total. The molecule has 0 saturated carbocycles. The third kappa shape index (κ3) is 4.00. The maximum absolute atomic E-state index is 10.6. The van der Waals surface area contributed by atoms with E-state index in [2.05, 4.69) is 5.32 Å². The average molecular weight is 222 g/mol. The first-order chi connectivity index (χ1) is 7.59. The Bertz CT molecular complexity index is 373. The van der Waals surface area contributed by atoms with Crippen LogP contribution in [0.15, 0.2) is 24.3 Å². The van der Waals surface area contributed by atoms with Crippen LogP contribution in [0.5, 0.6) is 0 Å². The molecule has 0 fully saturated rings. The van der Waals surface area contributed by atoms with E-state index >= 15 is 0 Å². The van der Waals surface area contributed by atoms with Crippen molar-refractivity contribution in [3.8, 4) is 0 Å². The second kappa shape index (κ2) is 5.75. The minimum Gasteiger partial charge on any atom is -0.478 e. The number of hydrogen-bond donors (Lipinski definition) is 3. The third-order valence-corrected chi connectivity index (χ3v) is 2.06. The van der Waals surface area contributed by atoms with E-state index < -0.39 is 5.97 Å². The summed E-state index contributed by atoms with van der Waals surface area (Å²) in [6.45, 7) is 0.634. The van der Waals surface area contributed by atoms with Crippen LogP contribution >= 0.6 is 0 Å². The summed E-state index contributed by atoms with van der Waals surface area (Å²) >= 11 is 0. The van der Waals surface area contributed by atoms with Gasteiger partial charge in [0.25, 0.3) is 0 Å². The minimum atomic E-state index is -0.944. The Labute approximate surface area is 93.3 Å². The number of carbonyl (C=O) groups is 2. The van der Waals surface area contributed by atoms with Gasteiger partial charge in [-0.05, 0) is 30.7 Å². The lowest BCUT2D eigenvalue weighted by Crippen LogP contribution is -2.12. The molecule has 1 rings (SSSR count). The molecule has 0 heterocycles. The molecule has 4 N–H and O–H groups in total. The lowest BCUT2D eigenvalue weighted by molar-refractivity contribution is -0.118. The lowest BCUT2D eigenvalue weighted by atomic mass is 10.2. The number of carboxylic acids is 1. The average Bonchev–Trinajstić information content (AvgIpc) is 2.25. The van der Waals surface area contributed by atoms with Crippen LogP contribution in [0.1, 0.15) is 23.2 Å². The summed E-state index contributed by atoms with van der Waals surface area (Å²) in [4.78, 5) is 21.0. The summed E-state index contributed by atoms with van der Waals surface area (Å²) in [6.07, 6.45) is 1.01. The monoisotopic (exact) mass is 222 g/mol. The summed E-state index contributed by atoms with van der Waals surface area (Å²) in [5.74, 6) is -1.26. The molecule has 0 bridgehead atoms. The quantitative estimate of drug-likeness (QED) is 0.627. The highest BCUT2D eigenvalue weighted by Gasteiger charge is 2.01. The summed E-state index contributed by atoms with van der Waals surface area (Å²) in [5, 5.41) is 11.7. The van der Waals surface area contributed by atoms with Crippen molar-refractivity contribution in [1.82, 2.24) is 0 Å². The van der Waals surface area contributed by atoms with Crippen molar-refractivity contribution in [3.63, 3.8) is 0 Å². The van der Waals surface area contributed by atoms with Gasteiger partial charge in [-0.3, -0.25) is 4.79 Å². The molecule has 0 aliphatic heterocycles. The van der Waals surface area contributed by atoms with E-state index in [1.54, 1.807) is 12.1 Å². The highest BCUT2D eigenvalue weighted by Crippen LogP contribution is 2.09. The van der Waals surface area contributed by atoms with Crippen LogP contribution in [0, 0.1) is 0 Å². The Morgan fingerprint density at radius 3 is 2.38 bits per heavy atom. The first-order valence-corrected chi connectivity index (χ1v) is 4.95. The molecule has 1 aromatic rings. The molecule has 16 heavy (non-hydrogen) atoms. The van der Waals surface area contributed by atoms with E-state index in [1.165, 1.54) is 12.1 Å². The third-order valence-electron chi connectivity index (χ3n) is 2.06. The van der Waals surface area contributed by atoms with Crippen molar-refractivity contribution < 1.29 is 14.7 Å². The fourth-order valence-electron chi connectivity index (χ4n) is 1.23. The topological polar surface area (TPSA) is 92.4 Å². The van der Waals surface area contributed by atoms with Crippen molar-refractivity contribution in [3.05, 3.63) is 29.8 Å². The number of benzene rings is 1. The number of carboxylic acid groups (broad SMARTS) is 1. The Kier molecular flexibility index (Phi) is 4.32. The first-order valence-electron chi connectivity index (χ1n) is 4.95. The van der Waals surface area contributed by atoms with Crippen LogP contribution in [0.25, 0.3) is 0 Å². The summed E-state index contributed by atoms with van der Waals surface area (Å²) in [5.41, 5.74) is 6.07. The van der Waals surface area contributed by atoms with Gasteiger partial charge >= 0.3 is 5.97 Å². The predicted octanol–water partition coefficient (Wildman–Crippen LogP) is 1.06. The number of amides is 1. The van der Waals surface area contributed by atoms with Crippen molar-refractivity contribution in [2.75, 3.05) is 11.9 Å². The molecular weight excluding hydrogens is 208 g/mol. The number of nitrogens with one attached hydrogen (secondary N) is 1. The first kappa shape index (κ1) is 12.0. The summed E-state index contributed by atoms with van der Waals surface area (Å²) < 4.78 is 0. The number of primary amides is 1. The van der Waals surface area contributed by atoms with Gasteiger partial charge in [0, 0.05) is 18.7 Å². The fraction of sp³-hybridized carbons (Fsp3) is 0.273. The molecule has 0 radical (unpaired) electrons. The van der Waals surface area contributed by atoms with Crippen molar-refractivity contribution >= 4 is 17.6 Å². The molecule has 5 heteroatoms. The van der Waals surface area contributed by atoms with Gasteiger partial charge in [0.2, 0.25) is 5.91 Å². The van der Waals surface area contributed by atoms with Crippen molar-refractivity contribution in [2.45, 2.75) is 12.8 Å². The molecule has 0 aliphatic carbocycles. The number of anilines is 1. The molecule has 0 atom stereocenters. The van der Waals surface area contributed by atoms with Crippen LogP contribution in [0.3, 0.4) is 0 Å². The van der Waals surface area contributed by atoms with Gasteiger partial charge < -0.3 is 16.2 Å². The van der Waals surface area contributed by atoms with Crippen molar-refractivity contribution in [2.24, 2.45) is 5.73 Å². The molecule has 0 aromatic heterocycles. The number of carbonyl (C=O) groups excluding carboxylic acids is 1. The van der Waals surface area contributed by atoms with Crippen LogP contribution in [-0.2, 0) is 4.79 Å². The van der Waals surface area contributed by atoms with Crippen LogP contribution < -0.4 is 11.1 Å². The summed E-state index contributed by atoms with van der Waals surface area (Å²) in [7, 11) is 0. The van der Waals surface area contributed by atoms with Gasteiger partial charge in [0.15, 0.2) is 0 Å². The van der Waals surface area contributed by atoms with Crippen LogP contribution in [0.2, 0.25) is 0 Å². The standard InChI is InChI=1S/C11H14N2O3/c12-10(14)2-1-7-13-9-5-3-8(4-6-9)11(15)16/h3-6,13H,1-2,7H2,(H2,12,14)(H,15,16). The second-order valence-electron chi connectivity index (χ2n) is 3.38. The van der Waals surface area contributed by atoms with E-state index in [0.717, 1.165) is 5.69 Å². The van der Waals surface area contributed by atoms with E-state index in [1.807, 2.05) is 0 Å². The van der Waals surface area contributed by atoms with Crippen LogP contribution in [-0.4, -0.2) is 23.5 Å². The zero-order valence-corrected chi connectivity index (χ0v) is 8.77. The highest BCUT2D eigenvalue weighted by molar-refractivity contribution is 5.87. The fourth-order valence-corrected chi connectivity index (χ4v) is 1.23. The SMILES string of the molecule is NC(=O)CCCNc1ccc(C(=O)O)cc1. The molecule has 0 unspecified atom stereocenters. The molecular formula is C11H14N2O3. The Balaban J connectivity index is 2.38. The predicted molar refractivity (Wildman–Crippen MR) is 60.3 cm³/mol. The normalized spacial score (nSPS) is 9.75. The zero-order valence-electron chi connectivity index (χ0n) is 8.77. The second-order valence-corrected chi connectivity index (χ2v) is 3.38. The Morgan fingerprint density at radius 2 is 1.88 bits per heavy atom. The van der Waals surface area contributed by atoms with Crippen LogP contribution in [0.4, 0.5) is 5.69 Å². The van der Waals surface area contributed by atoms with Gasteiger partial charge in [-0.25, -0.2) is 4.79 Å². The number of nitrogens with two attached hydrogens (primary N) is 1. The maximum Gasteiger partial charge on any atom is 0.335 e. The lowest BCUT2D eigenvalue weighted by Gasteiger charge is -2.05. The van der Waals surface area contributed by atoms with Gasteiger partial charge in [0.05, 0.1) is 5.56 Å². The Hall–Kier alpha value is -2.04. The van der Waals surface area contributed by atoms with Gasteiger partial charge in [-0.2, -0.15) is 0 Å². The van der Waals surface area contributed by atoms with E-state index in [9.17, 15) is 9.59 Å². The van der Waals surface area contributed by atoms with E-state index in [0.29, 0.717) is 19.4 Å². The smallest absolute Gasteiger partial charge is 0.335 e. The summed E-state index contributed by atoms with van der Waals surface area (Å²) in [6, 6.07) is 6.43. The zero-order chi connectivity index (χ0) is 12.0. The Morgan fingerprint density at radius 1 is 1.25 bits per heavy atom. The number of rotatable bonds is 6. The largest absolute Gasteiger partial charge is 0.478 e. The molecule has 86 valence electrons. The molecule has 1 amide bonds. The molecule has 1 aromatic carbocycles. The highest BCUT2D eigenvalue weighted by atomic mass is 16.4. The molecule has 0 aliphatic rings. The molecule has 0 saturated heterocycles. The molecule has 0 spiro atoms. The number of aromatic carboxylic acids is 1. The van der Waals surface area contributed by atoms with Gasteiger partial charge in [-0.15, -0.1) is 0 Å². The van der Waals surface area contributed by atoms with E-state index in [-0.39, 0.29) is 11.5 Å². The number of hydrogen-bond acceptors (Lipinski definition) is 3. The van der Waals surface area contributed by atoms with E-state index in [4.69, 9.17) is 10.8 Å². The van der Waals surface area contributed by atoms with Gasteiger partial charge in [-0.1, -0.05) is 0 Å². The van der Waals surface area contributed by atoms with Crippen molar-refractivity contribution in [1.29, 1.82) is 0 Å². The maximum atomic E-state index is 10.6. The van der Waals surface area contributed by atoms with Gasteiger partial charge in [0.1, 0.15) is 0 Å². The minimum absolute atomic E-state index is 0.252.